The first-order valence-corrected chi connectivity index (χ1v) is 11.1. The fourth-order valence-corrected chi connectivity index (χ4v) is 4.24. The summed E-state index contributed by atoms with van der Waals surface area (Å²) in [4.78, 5) is 0. The summed E-state index contributed by atoms with van der Waals surface area (Å²) < 4.78 is 12.3. The molecule has 0 amide bonds. The van der Waals surface area contributed by atoms with Crippen molar-refractivity contribution in [3.63, 3.8) is 0 Å². The second-order valence-electron chi connectivity index (χ2n) is 8.29. The Morgan fingerprint density at radius 2 is 1.77 bits per heavy atom. The van der Waals surface area contributed by atoms with E-state index < -0.39 is 0 Å². The highest BCUT2D eigenvalue weighted by atomic mass is 16.5. The van der Waals surface area contributed by atoms with E-state index in [2.05, 4.69) is 73.5 Å². The second-order valence-corrected chi connectivity index (χ2v) is 8.29. The van der Waals surface area contributed by atoms with E-state index in [9.17, 15) is 0 Å². The monoisotopic (exact) mass is 412 g/mol. The Bertz CT molecular complexity index is 1070. The molecule has 0 aromatic heterocycles. The third-order valence-corrected chi connectivity index (χ3v) is 6.02. The maximum Gasteiger partial charge on any atom is 0.213 e. The molecule has 2 aliphatic rings. The maximum atomic E-state index is 6.45. The normalized spacial score (nSPS) is 19.3. The Morgan fingerprint density at radius 3 is 2.55 bits per heavy atom. The Hall–Kier alpha value is -3.27. The van der Waals surface area contributed by atoms with Crippen molar-refractivity contribution >= 4 is 5.71 Å². The second kappa shape index (κ2) is 8.46. The molecule has 0 unspecified atom stereocenters. The first kappa shape index (κ1) is 19.7. The van der Waals surface area contributed by atoms with Gasteiger partial charge in [0.1, 0.15) is 11.5 Å². The van der Waals surface area contributed by atoms with E-state index in [0.717, 1.165) is 48.6 Å². The van der Waals surface area contributed by atoms with Crippen LogP contribution in [0.15, 0.2) is 77.9 Å². The zero-order valence-electron chi connectivity index (χ0n) is 18.1. The molecule has 2 heterocycles. The summed E-state index contributed by atoms with van der Waals surface area (Å²) in [7, 11) is 0. The van der Waals surface area contributed by atoms with Crippen molar-refractivity contribution in [3.8, 4) is 11.5 Å². The van der Waals surface area contributed by atoms with Gasteiger partial charge in [-0.2, -0.15) is 5.10 Å². The van der Waals surface area contributed by atoms with Gasteiger partial charge in [-0.3, -0.25) is 0 Å². The van der Waals surface area contributed by atoms with Crippen LogP contribution >= 0.6 is 0 Å². The van der Waals surface area contributed by atoms with Crippen LogP contribution in [0.25, 0.3) is 0 Å². The Balaban J connectivity index is 1.46. The standard InChI is InChI=1S/C27H28N2O2/c1-3-4-17-30-22-15-13-21(14-16-22)27-29-25(23-7-5-6-8-26(23)31-27)18-24(28-29)20-11-9-19(2)10-12-20/h5-16,25,27H,3-4,17-18H2,1-2H3/t25-,27+/m0/s1. The van der Waals surface area contributed by atoms with Gasteiger partial charge in [0.25, 0.3) is 0 Å². The SMILES string of the molecule is CCCCOc1ccc([C@H]2Oc3ccccc3[C@@H]3CC(c4ccc(C)cc4)=NN23)cc1. The quantitative estimate of drug-likeness (QED) is 0.438. The van der Waals surface area contributed by atoms with Gasteiger partial charge in [0.15, 0.2) is 0 Å². The van der Waals surface area contributed by atoms with Crippen molar-refractivity contribution in [1.82, 2.24) is 5.01 Å². The molecule has 0 bridgehead atoms. The van der Waals surface area contributed by atoms with E-state index in [-0.39, 0.29) is 12.3 Å². The van der Waals surface area contributed by atoms with E-state index in [4.69, 9.17) is 14.6 Å². The largest absolute Gasteiger partial charge is 0.494 e. The maximum absolute atomic E-state index is 6.45. The van der Waals surface area contributed by atoms with Gasteiger partial charge in [-0.15, -0.1) is 0 Å². The number of hydrogen-bond donors (Lipinski definition) is 0. The van der Waals surface area contributed by atoms with Crippen LogP contribution in [0.1, 0.15) is 60.7 Å². The van der Waals surface area contributed by atoms with Gasteiger partial charge in [0.2, 0.25) is 6.23 Å². The van der Waals surface area contributed by atoms with Crippen molar-refractivity contribution < 1.29 is 9.47 Å². The molecule has 0 aliphatic carbocycles. The van der Waals surface area contributed by atoms with E-state index in [0.29, 0.717) is 0 Å². The molecular formula is C27H28N2O2. The molecule has 0 fully saturated rings. The topological polar surface area (TPSA) is 34.1 Å². The fourth-order valence-electron chi connectivity index (χ4n) is 4.24. The molecule has 3 aromatic carbocycles. The van der Waals surface area contributed by atoms with Crippen LogP contribution in [-0.2, 0) is 0 Å². The summed E-state index contributed by atoms with van der Waals surface area (Å²) >= 11 is 0. The van der Waals surface area contributed by atoms with E-state index in [1.807, 2.05) is 18.2 Å². The van der Waals surface area contributed by atoms with Crippen LogP contribution in [0.2, 0.25) is 0 Å². The average Bonchev–Trinajstić information content (AvgIpc) is 3.25. The number of fused-ring (bicyclic) bond motifs is 3. The molecule has 0 spiro atoms. The van der Waals surface area contributed by atoms with Crippen LogP contribution in [0.3, 0.4) is 0 Å². The summed E-state index contributed by atoms with van der Waals surface area (Å²) in [6.45, 7) is 5.03. The molecule has 2 atom stereocenters. The molecule has 0 radical (unpaired) electrons. The summed E-state index contributed by atoms with van der Waals surface area (Å²) in [5, 5.41) is 7.17. The number of rotatable bonds is 6. The minimum absolute atomic E-state index is 0.173. The molecule has 0 N–H and O–H groups in total. The van der Waals surface area contributed by atoms with Crippen LogP contribution in [0.4, 0.5) is 0 Å². The number of nitrogens with zero attached hydrogens (tertiary/aromatic N) is 2. The zero-order valence-corrected chi connectivity index (χ0v) is 18.1. The highest BCUT2D eigenvalue weighted by Crippen LogP contribution is 2.47. The lowest BCUT2D eigenvalue weighted by Crippen LogP contribution is -2.33. The van der Waals surface area contributed by atoms with Crippen molar-refractivity contribution in [1.29, 1.82) is 0 Å². The fraction of sp³-hybridized carbons (Fsp3) is 0.296. The number of benzene rings is 3. The Labute approximate surface area is 184 Å². The molecule has 4 heteroatoms. The van der Waals surface area contributed by atoms with Crippen molar-refractivity contribution in [2.45, 2.75) is 45.4 Å². The third-order valence-electron chi connectivity index (χ3n) is 6.02. The van der Waals surface area contributed by atoms with Crippen molar-refractivity contribution in [2.75, 3.05) is 6.61 Å². The van der Waals surface area contributed by atoms with Gasteiger partial charge < -0.3 is 9.47 Å². The van der Waals surface area contributed by atoms with Gasteiger partial charge in [-0.25, -0.2) is 5.01 Å². The van der Waals surface area contributed by atoms with Gasteiger partial charge in [0.05, 0.1) is 18.4 Å². The Kier molecular flexibility index (Phi) is 5.37. The third kappa shape index (κ3) is 3.90. The summed E-state index contributed by atoms with van der Waals surface area (Å²) in [5.74, 6) is 1.84. The van der Waals surface area contributed by atoms with Crippen LogP contribution in [0.5, 0.6) is 11.5 Å². The number of ether oxygens (including phenoxy) is 2. The molecule has 158 valence electrons. The molecule has 5 rings (SSSR count). The minimum atomic E-state index is -0.257. The summed E-state index contributed by atoms with van der Waals surface area (Å²) in [6.07, 6.45) is 2.81. The number of hydrogen-bond acceptors (Lipinski definition) is 4. The van der Waals surface area contributed by atoms with Crippen LogP contribution in [0, 0.1) is 6.92 Å². The average molecular weight is 413 g/mol. The number of para-hydroxylation sites is 1. The first-order chi connectivity index (χ1) is 15.2. The number of hydrazone groups is 1. The lowest BCUT2D eigenvalue weighted by atomic mass is 9.95. The van der Waals surface area contributed by atoms with Gasteiger partial charge in [-0.1, -0.05) is 61.4 Å². The van der Waals surface area contributed by atoms with Gasteiger partial charge >= 0.3 is 0 Å². The smallest absolute Gasteiger partial charge is 0.213 e. The number of unbranched alkanes of at least 4 members (excludes halogenated alkanes) is 1. The minimum Gasteiger partial charge on any atom is -0.494 e. The van der Waals surface area contributed by atoms with E-state index in [1.54, 1.807) is 0 Å². The molecule has 0 saturated heterocycles. The lowest BCUT2D eigenvalue weighted by Gasteiger charge is -2.38. The molecular weight excluding hydrogens is 384 g/mol. The van der Waals surface area contributed by atoms with Gasteiger partial charge in [0, 0.05) is 17.5 Å². The van der Waals surface area contributed by atoms with E-state index >= 15 is 0 Å². The van der Waals surface area contributed by atoms with Crippen LogP contribution in [-0.4, -0.2) is 17.3 Å². The summed E-state index contributed by atoms with van der Waals surface area (Å²) in [5.41, 5.74) is 5.82. The molecule has 2 aliphatic heterocycles. The molecule has 31 heavy (non-hydrogen) atoms. The summed E-state index contributed by atoms with van der Waals surface area (Å²) in [6, 6.07) is 25.4. The highest BCUT2D eigenvalue weighted by Gasteiger charge is 2.40. The predicted octanol–water partition coefficient (Wildman–Crippen LogP) is 6.42. The molecule has 3 aromatic rings. The number of aryl methyl sites for hydroxylation is 1. The van der Waals surface area contributed by atoms with E-state index in [1.165, 1.54) is 16.7 Å². The van der Waals surface area contributed by atoms with Crippen molar-refractivity contribution in [2.24, 2.45) is 5.10 Å². The zero-order chi connectivity index (χ0) is 21.2. The van der Waals surface area contributed by atoms with Crippen LogP contribution < -0.4 is 9.47 Å². The highest BCUT2D eigenvalue weighted by molar-refractivity contribution is 6.02. The molecule has 4 nitrogen and oxygen atoms in total. The lowest BCUT2D eigenvalue weighted by molar-refractivity contribution is -0.0190. The van der Waals surface area contributed by atoms with Gasteiger partial charge in [-0.05, 0) is 49.2 Å². The molecule has 0 saturated carbocycles. The Morgan fingerprint density at radius 1 is 1.00 bits per heavy atom. The first-order valence-electron chi connectivity index (χ1n) is 11.1. The van der Waals surface area contributed by atoms with Crippen molar-refractivity contribution in [3.05, 3.63) is 95.1 Å². The predicted molar refractivity (Wildman–Crippen MR) is 124 cm³/mol.